The molecule has 3 N–H and O–H groups in total. The lowest BCUT2D eigenvalue weighted by Crippen LogP contribution is -2.40. The fraction of sp³-hybridized carbons (Fsp3) is 0.833. The Hall–Kier alpha value is -1.15. The Morgan fingerprint density at radius 2 is 1.95 bits per heavy atom. The van der Waals surface area contributed by atoms with E-state index in [2.05, 4.69) is 20.1 Å². The van der Waals surface area contributed by atoms with Crippen LogP contribution in [0, 0.1) is 5.92 Å². The lowest BCUT2D eigenvalue weighted by atomic mass is 9.91. The van der Waals surface area contributed by atoms with Crippen molar-refractivity contribution < 1.29 is 8.42 Å². The zero-order chi connectivity index (χ0) is 14.9. The molecule has 1 fully saturated rings. The van der Waals surface area contributed by atoms with Crippen LogP contribution in [0.2, 0.25) is 0 Å². The summed E-state index contributed by atoms with van der Waals surface area (Å²) < 4.78 is 23.0. The number of nitrogens with one attached hydrogen (secondary N) is 1. The van der Waals surface area contributed by atoms with Crippen LogP contribution in [-0.4, -0.2) is 49.0 Å². The molecule has 0 aliphatic carbocycles. The topological polar surface area (TPSA) is 105 Å². The van der Waals surface area contributed by atoms with E-state index < -0.39 is 15.1 Å². The van der Waals surface area contributed by atoms with Gasteiger partial charge in [-0.3, -0.25) is 5.10 Å². The van der Waals surface area contributed by atoms with Gasteiger partial charge in [0.25, 0.3) is 0 Å². The molecule has 2 unspecified atom stereocenters. The molecule has 2 heterocycles. The third-order valence-electron chi connectivity index (χ3n) is 4.08. The number of aromatic amines is 1. The number of aromatic nitrogens is 3. The van der Waals surface area contributed by atoms with Crippen LogP contribution in [-0.2, 0) is 9.84 Å². The van der Waals surface area contributed by atoms with E-state index in [1.165, 1.54) is 6.26 Å². The lowest BCUT2D eigenvalue weighted by Gasteiger charge is -2.32. The number of nitrogens with zero attached hydrogens (tertiary/aromatic N) is 3. The molecular formula is C12H23N5O2S. The van der Waals surface area contributed by atoms with Crippen molar-refractivity contribution in [2.24, 2.45) is 11.7 Å². The summed E-state index contributed by atoms with van der Waals surface area (Å²) in [6, 6.07) is 0.213. The molecule has 7 nitrogen and oxygen atoms in total. The predicted octanol–water partition coefficient (Wildman–Crippen LogP) is 0.474. The Balaban J connectivity index is 2.04. The number of rotatable bonds is 4. The molecule has 114 valence electrons. The summed E-state index contributed by atoms with van der Waals surface area (Å²) in [5.74, 6) is 1.52. The van der Waals surface area contributed by atoms with Gasteiger partial charge in [0.05, 0.1) is 0 Å². The van der Waals surface area contributed by atoms with Crippen LogP contribution in [0.3, 0.4) is 0 Å². The highest BCUT2D eigenvalue weighted by atomic mass is 32.2. The summed E-state index contributed by atoms with van der Waals surface area (Å²) >= 11 is 0. The molecule has 1 aliphatic heterocycles. The van der Waals surface area contributed by atoms with Crippen LogP contribution in [0.15, 0.2) is 0 Å². The smallest absolute Gasteiger partial charge is 0.244 e. The average Bonchev–Trinajstić information content (AvgIpc) is 2.86. The first-order valence-electron chi connectivity index (χ1n) is 6.90. The fourth-order valence-corrected chi connectivity index (χ4v) is 2.93. The number of nitrogens with two attached hydrogens (primary N) is 1. The molecule has 2 atom stereocenters. The molecule has 1 saturated heterocycles. The second kappa shape index (κ2) is 5.69. The zero-order valence-corrected chi connectivity index (χ0v) is 13.0. The molecule has 0 radical (unpaired) electrons. The fourth-order valence-electron chi connectivity index (χ4n) is 2.42. The van der Waals surface area contributed by atoms with Crippen molar-refractivity contribution in [3.8, 4) is 0 Å². The number of H-pyrrole nitrogens is 1. The second-order valence-electron chi connectivity index (χ2n) is 5.68. The van der Waals surface area contributed by atoms with Crippen LogP contribution in [0.5, 0.6) is 0 Å². The van der Waals surface area contributed by atoms with Gasteiger partial charge in [-0.1, -0.05) is 0 Å². The van der Waals surface area contributed by atoms with Gasteiger partial charge in [-0.25, -0.2) is 8.42 Å². The standard InChI is InChI=1S/C12H23N5O2S/c1-8(13)10-4-6-17(7-5-10)12-14-11(15-16-12)9(2)20(3,18)19/h8-10H,4-7,13H2,1-3H3,(H,14,15,16). The Kier molecular flexibility index (Phi) is 4.33. The summed E-state index contributed by atoms with van der Waals surface area (Å²) in [5.41, 5.74) is 5.92. The highest BCUT2D eigenvalue weighted by Crippen LogP contribution is 2.24. The van der Waals surface area contributed by atoms with E-state index in [0.29, 0.717) is 17.7 Å². The molecule has 2 rings (SSSR count). The van der Waals surface area contributed by atoms with Crippen LogP contribution >= 0.6 is 0 Å². The zero-order valence-electron chi connectivity index (χ0n) is 12.2. The normalized spacial score (nSPS) is 20.9. The van der Waals surface area contributed by atoms with E-state index in [9.17, 15) is 8.42 Å². The summed E-state index contributed by atoms with van der Waals surface area (Å²) in [6.07, 6.45) is 3.24. The minimum Gasteiger partial charge on any atom is -0.340 e. The minimum absolute atomic E-state index is 0.213. The maximum atomic E-state index is 11.5. The Bertz CT molecular complexity index is 546. The van der Waals surface area contributed by atoms with Gasteiger partial charge in [0.15, 0.2) is 9.84 Å². The summed E-state index contributed by atoms with van der Waals surface area (Å²) in [5, 5.41) is 6.21. The Labute approximate surface area is 119 Å². The van der Waals surface area contributed by atoms with E-state index in [1.54, 1.807) is 6.92 Å². The van der Waals surface area contributed by atoms with Crippen LogP contribution in [0.25, 0.3) is 0 Å². The predicted molar refractivity (Wildman–Crippen MR) is 78.2 cm³/mol. The number of hydrogen-bond donors (Lipinski definition) is 2. The Morgan fingerprint density at radius 1 is 1.35 bits per heavy atom. The van der Waals surface area contributed by atoms with Crippen molar-refractivity contribution in [3.05, 3.63) is 5.82 Å². The third-order valence-corrected chi connectivity index (χ3v) is 5.59. The van der Waals surface area contributed by atoms with E-state index >= 15 is 0 Å². The summed E-state index contributed by atoms with van der Waals surface area (Å²) in [4.78, 5) is 6.40. The highest BCUT2D eigenvalue weighted by Gasteiger charge is 2.26. The summed E-state index contributed by atoms with van der Waals surface area (Å²) in [6.45, 7) is 5.37. The van der Waals surface area contributed by atoms with Crippen LogP contribution < -0.4 is 10.6 Å². The molecule has 1 aromatic heterocycles. The maximum absolute atomic E-state index is 11.5. The van der Waals surface area contributed by atoms with Crippen molar-refractivity contribution in [2.45, 2.75) is 38.0 Å². The second-order valence-corrected chi connectivity index (χ2v) is 8.04. The van der Waals surface area contributed by atoms with Crippen molar-refractivity contribution in [1.29, 1.82) is 0 Å². The largest absolute Gasteiger partial charge is 0.340 e. The van der Waals surface area contributed by atoms with Gasteiger partial charge in [0.2, 0.25) is 5.95 Å². The number of piperidine rings is 1. The molecule has 20 heavy (non-hydrogen) atoms. The van der Waals surface area contributed by atoms with Gasteiger partial charge in [0.1, 0.15) is 11.1 Å². The van der Waals surface area contributed by atoms with Gasteiger partial charge in [-0.05, 0) is 32.6 Å². The molecule has 0 spiro atoms. The maximum Gasteiger partial charge on any atom is 0.244 e. The number of hydrogen-bond acceptors (Lipinski definition) is 6. The minimum atomic E-state index is -3.16. The lowest BCUT2D eigenvalue weighted by molar-refractivity contribution is 0.352. The number of anilines is 1. The van der Waals surface area contributed by atoms with Gasteiger partial charge in [0, 0.05) is 25.4 Å². The van der Waals surface area contributed by atoms with E-state index in [-0.39, 0.29) is 6.04 Å². The molecule has 0 bridgehead atoms. The SMILES string of the molecule is CC(N)C1CCN(c2n[nH]c(C(C)S(C)(=O)=O)n2)CC1. The van der Waals surface area contributed by atoms with Crippen molar-refractivity contribution in [3.63, 3.8) is 0 Å². The van der Waals surface area contributed by atoms with Gasteiger partial charge >= 0.3 is 0 Å². The van der Waals surface area contributed by atoms with E-state index in [0.717, 1.165) is 25.9 Å². The van der Waals surface area contributed by atoms with Crippen LogP contribution in [0.4, 0.5) is 5.95 Å². The first kappa shape index (κ1) is 15.2. The molecule has 1 aliphatic rings. The molecule has 8 heteroatoms. The van der Waals surface area contributed by atoms with E-state index in [4.69, 9.17) is 5.73 Å². The first-order valence-corrected chi connectivity index (χ1v) is 8.86. The average molecular weight is 301 g/mol. The molecule has 0 saturated carbocycles. The van der Waals surface area contributed by atoms with E-state index in [1.807, 2.05) is 6.92 Å². The third kappa shape index (κ3) is 3.29. The molecular weight excluding hydrogens is 278 g/mol. The number of sulfone groups is 1. The van der Waals surface area contributed by atoms with Gasteiger partial charge in [-0.2, -0.15) is 4.98 Å². The van der Waals surface area contributed by atoms with Crippen LogP contribution in [0.1, 0.15) is 37.8 Å². The highest BCUT2D eigenvalue weighted by molar-refractivity contribution is 7.90. The molecule has 0 aromatic carbocycles. The van der Waals surface area contributed by atoms with Crippen molar-refractivity contribution in [2.75, 3.05) is 24.2 Å². The van der Waals surface area contributed by atoms with Crippen molar-refractivity contribution in [1.82, 2.24) is 15.2 Å². The molecule has 0 amide bonds. The Morgan fingerprint density at radius 3 is 2.45 bits per heavy atom. The van der Waals surface area contributed by atoms with Gasteiger partial charge in [-0.15, -0.1) is 5.10 Å². The summed E-state index contributed by atoms with van der Waals surface area (Å²) in [7, 11) is -3.16. The quantitative estimate of drug-likeness (QED) is 0.837. The van der Waals surface area contributed by atoms with Crippen molar-refractivity contribution >= 4 is 15.8 Å². The van der Waals surface area contributed by atoms with Gasteiger partial charge < -0.3 is 10.6 Å². The first-order chi connectivity index (χ1) is 9.29. The monoisotopic (exact) mass is 301 g/mol. The molecule has 1 aromatic rings.